The number of hydrogen-bond donors (Lipinski definition) is 2. The molecule has 1 atom stereocenters. The lowest BCUT2D eigenvalue weighted by atomic mass is 10.1. The molecule has 2 aromatic rings. The van der Waals surface area contributed by atoms with Crippen molar-refractivity contribution in [2.45, 2.75) is 26.1 Å². The maximum absolute atomic E-state index is 9.93. The quantitative estimate of drug-likeness (QED) is 0.782. The Labute approximate surface area is 126 Å². The first-order valence-corrected chi connectivity index (χ1v) is 7.40. The van der Waals surface area contributed by atoms with Gasteiger partial charge in [0.25, 0.3) is 0 Å². The molecule has 0 spiro atoms. The van der Waals surface area contributed by atoms with Crippen LogP contribution in [0.5, 0.6) is 0 Å². The fourth-order valence-corrected chi connectivity index (χ4v) is 2.08. The molecule has 0 saturated carbocycles. The fourth-order valence-electron chi connectivity index (χ4n) is 2.08. The maximum atomic E-state index is 9.93. The highest BCUT2D eigenvalue weighted by Gasteiger charge is 2.04. The zero-order valence-electron chi connectivity index (χ0n) is 12.5. The van der Waals surface area contributed by atoms with E-state index in [1.807, 2.05) is 42.5 Å². The van der Waals surface area contributed by atoms with Crippen molar-refractivity contribution in [3.63, 3.8) is 0 Å². The summed E-state index contributed by atoms with van der Waals surface area (Å²) in [6, 6.07) is 18.2. The SMILES string of the molecule is CCc1cccc(NCC(O)COCc2ccccc2)c1. The number of aliphatic hydroxyl groups is 1. The van der Waals surface area contributed by atoms with Gasteiger partial charge in [-0.25, -0.2) is 0 Å². The highest BCUT2D eigenvalue weighted by atomic mass is 16.5. The fraction of sp³-hybridized carbons (Fsp3) is 0.333. The Hall–Kier alpha value is -1.84. The predicted molar refractivity (Wildman–Crippen MR) is 86.4 cm³/mol. The van der Waals surface area contributed by atoms with Crippen LogP contribution in [0.1, 0.15) is 18.1 Å². The second kappa shape index (κ2) is 8.45. The zero-order chi connectivity index (χ0) is 14.9. The molecule has 2 aromatic carbocycles. The van der Waals surface area contributed by atoms with Gasteiger partial charge in [-0.2, -0.15) is 0 Å². The van der Waals surface area contributed by atoms with E-state index in [9.17, 15) is 5.11 Å². The number of hydrogen-bond acceptors (Lipinski definition) is 3. The first-order chi connectivity index (χ1) is 10.3. The lowest BCUT2D eigenvalue weighted by Crippen LogP contribution is -2.24. The van der Waals surface area contributed by atoms with Crippen LogP contribution in [0, 0.1) is 0 Å². The lowest BCUT2D eigenvalue weighted by molar-refractivity contribution is 0.0348. The minimum Gasteiger partial charge on any atom is -0.389 e. The maximum Gasteiger partial charge on any atom is 0.0945 e. The van der Waals surface area contributed by atoms with E-state index >= 15 is 0 Å². The van der Waals surface area contributed by atoms with Crippen LogP contribution in [-0.2, 0) is 17.8 Å². The Balaban J connectivity index is 1.68. The smallest absolute Gasteiger partial charge is 0.0945 e. The van der Waals surface area contributed by atoms with Gasteiger partial charge < -0.3 is 15.2 Å². The molecule has 3 nitrogen and oxygen atoms in total. The minimum atomic E-state index is -0.515. The first-order valence-electron chi connectivity index (χ1n) is 7.40. The molecule has 112 valence electrons. The van der Waals surface area contributed by atoms with E-state index in [0.717, 1.165) is 17.7 Å². The number of nitrogens with one attached hydrogen (secondary N) is 1. The van der Waals surface area contributed by atoms with Gasteiger partial charge in [-0.3, -0.25) is 0 Å². The molecule has 0 amide bonds. The Morgan fingerprint density at radius 2 is 1.81 bits per heavy atom. The van der Waals surface area contributed by atoms with Crippen molar-refractivity contribution < 1.29 is 9.84 Å². The predicted octanol–water partition coefficient (Wildman–Crippen LogP) is 3.24. The van der Waals surface area contributed by atoms with Gasteiger partial charge in [0.1, 0.15) is 0 Å². The van der Waals surface area contributed by atoms with Gasteiger partial charge in [-0.15, -0.1) is 0 Å². The van der Waals surface area contributed by atoms with Crippen LogP contribution in [0.15, 0.2) is 54.6 Å². The molecule has 2 N–H and O–H groups in total. The van der Waals surface area contributed by atoms with E-state index in [1.54, 1.807) is 0 Å². The molecule has 0 aliphatic heterocycles. The number of aliphatic hydroxyl groups excluding tert-OH is 1. The van der Waals surface area contributed by atoms with Gasteiger partial charge in [-0.05, 0) is 29.7 Å². The van der Waals surface area contributed by atoms with Crippen LogP contribution in [0.25, 0.3) is 0 Å². The van der Waals surface area contributed by atoms with E-state index in [2.05, 4.69) is 24.4 Å². The van der Waals surface area contributed by atoms with Crippen LogP contribution in [-0.4, -0.2) is 24.4 Å². The van der Waals surface area contributed by atoms with Crippen molar-refractivity contribution in [1.29, 1.82) is 0 Å². The van der Waals surface area contributed by atoms with Crippen molar-refractivity contribution in [3.05, 3.63) is 65.7 Å². The summed E-state index contributed by atoms with van der Waals surface area (Å²) in [5.41, 5.74) is 3.44. The van der Waals surface area contributed by atoms with Gasteiger partial charge in [0, 0.05) is 12.2 Å². The molecular formula is C18H23NO2. The van der Waals surface area contributed by atoms with E-state index in [4.69, 9.17) is 4.74 Å². The van der Waals surface area contributed by atoms with E-state index in [1.165, 1.54) is 5.56 Å². The Morgan fingerprint density at radius 1 is 1.05 bits per heavy atom. The first kappa shape index (κ1) is 15.5. The molecule has 0 aliphatic rings. The average molecular weight is 285 g/mol. The van der Waals surface area contributed by atoms with Crippen molar-refractivity contribution >= 4 is 5.69 Å². The molecule has 0 aromatic heterocycles. The van der Waals surface area contributed by atoms with Crippen LogP contribution >= 0.6 is 0 Å². The second-order valence-corrected chi connectivity index (χ2v) is 5.09. The van der Waals surface area contributed by atoms with Gasteiger partial charge >= 0.3 is 0 Å². The van der Waals surface area contributed by atoms with Crippen molar-refractivity contribution in [1.82, 2.24) is 0 Å². The summed E-state index contributed by atoms with van der Waals surface area (Å²) in [4.78, 5) is 0. The van der Waals surface area contributed by atoms with Crippen molar-refractivity contribution in [2.24, 2.45) is 0 Å². The topological polar surface area (TPSA) is 41.5 Å². The van der Waals surface area contributed by atoms with Crippen molar-refractivity contribution in [2.75, 3.05) is 18.5 Å². The van der Waals surface area contributed by atoms with Crippen LogP contribution in [0.2, 0.25) is 0 Å². The van der Waals surface area contributed by atoms with Gasteiger partial charge in [0.2, 0.25) is 0 Å². The normalized spacial score (nSPS) is 12.1. The molecule has 3 heteroatoms. The monoisotopic (exact) mass is 285 g/mol. The lowest BCUT2D eigenvalue weighted by Gasteiger charge is -2.14. The summed E-state index contributed by atoms with van der Waals surface area (Å²) in [5, 5.41) is 13.2. The van der Waals surface area contributed by atoms with Crippen LogP contribution in [0.3, 0.4) is 0 Å². The highest BCUT2D eigenvalue weighted by molar-refractivity contribution is 5.45. The average Bonchev–Trinajstić information content (AvgIpc) is 2.54. The number of aryl methyl sites for hydroxylation is 1. The van der Waals surface area contributed by atoms with Gasteiger partial charge in [-0.1, -0.05) is 49.4 Å². The third-order valence-corrected chi connectivity index (χ3v) is 3.30. The Bertz CT molecular complexity index is 528. The molecule has 21 heavy (non-hydrogen) atoms. The molecule has 2 rings (SSSR count). The molecule has 0 radical (unpaired) electrons. The van der Waals surface area contributed by atoms with Crippen LogP contribution in [0.4, 0.5) is 5.69 Å². The summed E-state index contributed by atoms with van der Waals surface area (Å²) in [6.07, 6.45) is 0.497. The molecular weight excluding hydrogens is 262 g/mol. The molecule has 0 fully saturated rings. The summed E-state index contributed by atoms with van der Waals surface area (Å²) in [5.74, 6) is 0. The second-order valence-electron chi connectivity index (χ2n) is 5.09. The van der Waals surface area contributed by atoms with Crippen molar-refractivity contribution in [3.8, 4) is 0 Å². The summed E-state index contributed by atoms with van der Waals surface area (Å²) < 4.78 is 5.52. The number of anilines is 1. The van der Waals surface area contributed by atoms with E-state index in [0.29, 0.717) is 19.8 Å². The molecule has 0 heterocycles. The number of rotatable bonds is 8. The summed E-state index contributed by atoms with van der Waals surface area (Å²) in [6.45, 7) is 3.48. The number of benzene rings is 2. The van der Waals surface area contributed by atoms with E-state index < -0.39 is 6.10 Å². The zero-order valence-corrected chi connectivity index (χ0v) is 12.5. The van der Waals surface area contributed by atoms with Gasteiger partial charge in [0.15, 0.2) is 0 Å². The number of ether oxygens (including phenoxy) is 1. The van der Waals surface area contributed by atoms with Crippen LogP contribution < -0.4 is 5.32 Å². The minimum absolute atomic E-state index is 0.329. The standard InChI is InChI=1S/C18H23NO2/c1-2-15-9-6-10-17(11-15)19-12-18(20)14-21-13-16-7-4-3-5-8-16/h3-11,18-20H,2,12-14H2,1H3. The molecule has 0 bridgehead atoms. The highest BCUT2D eigenvalue weighted by Crippen LogP contribution is 2.11. The van der Waals surface area contributed by atoms with E-state index in [-0.39, 0.29) is 0 Å². The molecule has 0 aliphatic carbocycles. The Morgan fingerprint density at radius 3 is 2.57 bits per heavy atom. The summed E-state index contributed by atoms with van der Waals surface area (Å²) >= 11 is 0. The Kier molecular flexibility index (Phi) is 6.25. The summed E-state index contributed by atoms with van der Waals surface area (Å²) in [7, 11) is 0. The third-order valence-electron chi connectivity index (χ3n) is 3.30. The largest absolute Gasteiger partial charge is 0.389 e. The molecule has 1 unspecified atom stereocenters. The third kappa shape index (κ3) is 5.58. The molecule has 0 saturated heterocycles. The van der Waals surface area contributed by atoms with Gasteiger partial charge in [0.05, 0.1) is 19.3 Å².